The van der Waals surface area contributed by atoms with Crippen molar-refractivity contribution in [1.29, 1.82) is 0 Å². The summed E-state index contributed by atoms with van der Waals surface area (Å²) in [5.41, 5.74) is 4.13. The van der Waals surface area contributed by atoms with E-state index in [9.17, 15) is 0 Å². The molecular weight excluding hydrogens is 280 g/mol. The number of terminal acetylenes is 1. The van der Waals surface area contributed by atoms with E-state index in [-0.39, 0.29) is 0 Å². The molecule has 0 amide bonds. The van der Waals surface area contributed by atoms with E-state index in [1.54, 1.807) is 0 Å². The van der Waals surface area contributed by atoms with Crippen LogP contribution >= 0.6 is 0 Å². The Morgan fingerprint density at radius 3 is 2.52 bits per heavy atom. The van der Waals surface area contributed by atoms with Crippen molar-refractivity contribution in [3.63, 3.8) is 0 Å². The normalized spacial score (nSPS) is 9.57. The van der Waals surface area contributed by atoms with Gasteiger partial charge in [0.25, 0.3) is 0 Å². The van der Waals surface area contributed by atoms with Crippen LogP contribution in [-0.2, 0) is 6.42 Å². The average Bonchev–Trinajstić information content (AvgIpc) is 2.57. The van der Waals surface area contributed by atoms with E-state index in [1.165, 1.54) is 16.8 Å². The first-order valence-corrected chi connectivity index (χ1v) is 8.27. The average molecular weight is 313 g/mol. The van der Waals surface area contributed by atoms with Crippen LogP contribution in [0.1, 0.15) is 30.4 Å². The molecule has 2 nitrogen and oxygen atoms in total. The number of hydrogen-bond donors (Lipinski definition) is 1. The molecule has 0 radical (unpaired) electrons. The number of benzene rings is 1. The van der Waals surface area contributed by atoms with Gasteiger partial charge in [-0.25, -0.2) is 0 Å². The van der Waals surface area contributed by atoms with Gasteiger partial charge in [0.05, 0.1) is 0 Å². The summed E-state index contributed by atoms with van der Waals surface area (Å²) in [5.74, 6) is 0. The highest BCUT2D eigenvalue weighted by Crippen LogP contribution is 2.24. The summed E-state index contributed by atoms with van der Waals surface area (Å²) >= 11 is 0. The van der Waals surface area contributed by atoms with Crippen molar-refractivity contribution in [2.75, 3.05) is 31.6 Å². The van der Waals surface area contributed by atoms with Gasteiger partial charge in [-0.15, -0.1) is 26.0 Å². The Balaban J connectivity index is 0.00000232. The molecule has 0 aliphatic rings. The lowest BCUT2D eigenvalue weighted by atomic mass is 10.0. The van der Waals surface area contributed by atoms with E-state index in [0.717, 1.165) is 45.3 Å². The minimum atomic E-state index is 0.904. The lowest BCUT2D eigenvalue weighted by Gasteiger charge is -2.26. The maximum Gasteiger partial charge on any atom is 0.0404 e. The van der Waals surface area contributed by atoms with Crippen molar-refractivity contribution < 1.29 is 0 Å². The molecule has 0 fully saturated rings. The molecule has 2 heteroatoms. The van der Waals surface area contributed by atoms with Crippen LogP contribution in [0.25, 0.3) is 0 Å². The van der Waals surface area contributed by atoms with Crippen LogP contribution < -0.4 is 10.2 Å². The molecule has 0 aliphatic carbocycles. The van der Waals surface area contributed by atoms with Gasteiger partial charge >= 0.3 is 0 Å². The summed E-state index contributed by atoms with van der Waals surface area (Å²) in [7, 11) is 2.01. The smallest absolute Gasteiger partial charge is 0.0404 e. The molecule has 0 spiro atoms. The van der Waals surface area contributed by atoms with Gasteiger partial charge in [0.1, 0.15) is 0 Å². The number of hydrogen-bond acceptors (Lipinski definition) is 2. The minimum Gasteiger partial charge on any atom is -0.368 e. The van der Waals surface area contributed by atoms with E-state index in [4.69, 9.17) is 0 Å². The van der Waals surface area contributed by atoms with Gasteiger partial charge in [-0.05, 0) is 63.4 Å². The molecule has 0 heterocycles. The van der Waals surface area contributed by atoms with Gasteiger partial charge in [0, 0.05) is 18.8 Å². The number of anilines is 1. The third-order valence-corrected chi connectivity index (χ3v) is 3.64. The molecule has 0 atom stereocenters. The van der Waals surface area contributed by atoms with Gasteiger partial charge in [-0.3, -0.25) is 0 Å². The first-order valence-electron chi connectivity index (χ1n) is 8.27. The van der Waals surface area contributed by atoms with Crippen molar-refractivity contribution >= 4 is 5.69 Å². The zero-order chi connectivity index (χ0) is 17.5. The van der Waals surface area contributed by atoms with Gasteiger partial charge in [-0.2, -0.15) is 0 Å². The lowest BCUT2D eigenvalue weighted by Crippen LogP contribution is -2.27. The van der Waals surface area contributed by atoms with E-state index in [0.29, 0.717) is 0 Å². The molecule has 23 heavy (non-hydrogen) atoms. The molecule has 1 aromatic carbocycles. The fourth-order valence-electron chi connectivity index (χ4n) is 2.53. The van der Waals surface area contributed by atoms with Crippen molar-refractivity contribution in [1.82, 2.24) is 5.32 Å². The number of nitrogens with zero attached hydrogens (tertiary/aromatic N) is 1. The van der Waals surface area contributed by atoms with Crippen molar-refractivity contribution in [3.8, 4) is 12.8 Å². The molecule has 1 aromatic rings. The zero-order valence-electron chi connectivity index (χ0n) is 14.9. The Morgan fingerprint density at radius 2 is 1.91 bits per heavy atom. The monoisotopic (exact) mass is 312 g/mol. The summed E-state index contributed by atoms with van der Waals surface area (Å²) < 4.78 is 0. The lowest BCUT2D eigenvalue weighted by molar-refractivity contribution is 0.698. The summed E-state index contributed by atoms with van der Waals surface area (Å²) in [4.78, 5) is 2.45. The van der Waals surface area contributed by atoms with E-state index in [2.05, 4.69) is 61.3 Å². The SMILES string of the molecule is C#C.C=CCCCc1ccc(C)cc1N(CC=C)CCCNC. The van der Waals surface area contributed by atoms with Crippen LogP contribution in [0.15, 0.2) is 43.5 Å². The van der Waals surface area contributed by atoms with Crippen molar-refractivity contribution in [2.45, 2.75) is 32.6 Å². The predicted molar refractivity (Wildman–Crippen MR) is 105 cm³/mol. The Kier molecular flexibility index (Phi) is 12.5. The van der Waals surface area contributed by atoms with E-state index >= 15 is 0 Å². The van der Waals surface area contributed by atoms with Crippen molar-refractivity contribution in [3.05, 3.63) is 54.6 Å². The zero-order valence-corrected chi connectivity index (χ0v) is 14.9. The van der Waals surface area contributed by atoms with E-state index in [1.807, 2.05) is 19.2 Å². The summed E-state index contributed by atoms with van der Waals surface area (Å²) in [6.07, 6.45) is 16.5. The van der Waals surface area contributed by atoms with E-state index < -0.39 is 0 Å². The molecular formula is C21H32N2. The molecule has 0 bridgehead atoms. The number of rotatable bonds is 11. The summed E-state index contributed by atoms with van der Waals surface area (Å²) in [6, 6.07) is 6.81. The molecule has 126 valence electrons. The third-order valence-electron chi connectivity index (χ3n) is 3.64. The minimum absolute atomic E-state index is 0.904. The highest BCUT2D eigenvalue weighted by atomic mass is 15.1. The summed E-state index contributed by atoms with van der Waals surface area (Å²) in [5, 5.41) is 3.22. The van der Waals surface area contributed by atoms with Gasteiger partial charge < -0.3 is 10.2 Å². The number of aryl methyl sites for hydroxylation is 2. The second-order valence-corrected chi connectivity index (χ2v) is 5.50. The molecule has 0 unspecified atom stereocenters. The van der Waals surface area contributed by atoms with Gasteiger partial charge in [0.15, 0.2) is 0 Å². The third kappa shape index (κ3) is 8.28. The fourth-order valence-corrected chi connectivity index (χ4v) is 2.53. The maximum absolute atomic E-state index is 4.00. The Bertz CT molecular complexity index is 474. The molecule has 0 saturated carbocycles. The number of nitrogens with one attached hydrogen (secondary N) is 1. The largest absolute Gasteiger partial charge is 0.368 e. The first-order chi connectivity index (χ1) is 11.2. The van der Waals surface area contributed by atoms with Crippen LogP contribution in [0, 0.1) is 19.8 Å². The van der Waals surface area contributed by atoms with Crippen LogP contribution in [0.4, 0.5) is 5.69 Å². The molecule has 0 aromatic heterocycles. The van der Waals surface area contributed by atoms with Crippen LogP contribution in [-0.4, -0.2) is 26.7 Å². The van der Waals surface area contributed by atoms with Crippen molar-refractivity contribution in [2.24, 2.45) is 0 Å². The quantitative estimate of drug-likeness (QED) is 0.371. The standard InChI is InChI=1S/C19H30N2.C2H2/c1-5-7-8-10-18-12-11-17(3)16-19(18)21(14-6-2)15-9-13-20-4;1-2/h5-6,11-12,16,20H,1-2,7-10,13-15H2,3-4H3;1-2H. The van der Waals surface area contributed by atoms with Gasteiger partial charge in [-0.1, -0.05) is 24.3 Å². The second kappa shape index (κ2) is 13.7. The van der Waals surface area contributed by atoms with Crippen LogP contribution in [0.2, 0.25) is 0 Å². The molecule has 0 saturated heterocycles. The highest BCUT2D eigenvalue weighted by molar-refractivity contribution is 5.56. The van der Waals surface area contributed by atoms with Crippen LogP contribution in [0.5, 0.6) is 0 Å². The first kappa shape index (κ1) is 21.0. The van der Waals surface area contributed by atoms with Crippen LogP contribution in [0.3, 0.4) is 0 Å². The number of allylic oxidation sites excluding steroid dienone is 1. The Labute approximate surface area is 143 Å². The Morgan fingerprint density at radius 1 is 1.17 bits per heavy atom. The molecule has 1 rings (SSSR count). The predicted octanol–water partition coefficient (Wildman–Crippen LogP) is 4.36. The molecule has 1 N–H and O–H groups in total. The highest BCUT2D eigenvalue weighted by Gasteiger charge is 2.10. The number of unbranched alkanes of at least 4 members (excludes halogenated alkanes) is 1. The Hall–Kier alpha value is -1.98. The molecule has 0 aliphatic heterocycles. The fraction of sp³-hybridized carbons (Fsp3) is 0.429. The topological polar surface area (TPSA) is 15.3 Å². The maximum atomic E-state index is 4.00. The second-order valence-electron chi connectivity index (χ2n) is 5.50. The summed E-state index contributed by atoms with van der Waals surface area (Å²) in [6.45, 7) is 12.9. The van der Waals surface area contributed by atoms with Gasteiger partial charge in [0.2, 0.25) is 0 Å².